The van der Waals surface area contributed by atoms with Gasteiger partial charge in [-0.1, -0.05) is 35.3 Å². The molecule has 0 fully saturated rings. The number of aromatic carboxylic acids is 1. The van der Waals surface area contributed by atoms with E-state index in [4.69, 9.17) is 33.0 Å². The van der Waals surface area contributed by atoms with Crippen LogP contribution >= 0.6 is 23.2 Å². The zero-order valence-electron chi connectivity index (χ0n) is 28.2. The van der Waals surface area contributed by atoms with Crippen molar-refractivity contribution in [2.75, 3.05) is 18.1 Å². The highest BCUT2D eigenvalue weighted by Crippen LogP contribution is 2.45. The Balaban J connectivity index is 1.37. The number of nitrogens with one attached hydrogen (secondary N) is 1. The van der Waals surface area contributed by atoms with Gasteiger partial charge in [0.05, 0.1) is 28.5 Å². The summed E-state index contributed by atoms with van der Waals surface area (Å²) >= 11 is 13.4. The van der Waals surface area contributed by atoms with Crippen LogP contribution in [0.4, 0.5) is 5.69 Å². The maximum absolute atomic E-state index is 14.9. The number of fused-ring (bicyclic) bond motifs is 4. The number of rotatable bonds is 8. The average Bonchev–Trinajstić information content (AvgIpc) is 3.72. The fourth-order valence-electron chi connectivity index (χ4n) is 7.43. The molecule has 252 valence electrons. The van der Waals surface area contributed by atoms with Crippen molar-refractivity contribution < 1.29 is 19.4 Å². The SMILES string of the molecule is Cc1cc(OCCCc2c3n(c4c(-c5c(C)nn(C)c5C)c(Cl)ccc24)C(C)CN(c2cccc4[nH]c(C(=O)O)cc24)C3=O)cc(C)c1Cl. The lowest BCUT2D eigenvalue weighted by atomic mass is 9.98. The molecule has 2 N–H and O–H groups in total. The number of anilines is 1. The first-order chi connectivity index (χ1) is 23.4. The number of halogens is 2. The number of amides is 1. The third-order valence-electron chi connectivity index (χ3n) is 9.73. The number of carboxylic acid groups (broad SMARTS) is 1. The predicted molar refractivity (Wildman–Crippen MR) is 195 cm³/mol. The van der Waals surface area contributed by atoms with E-state index >= 15 is 0 Å². The van der Waals surface area contributed by atoms with E-state index in [1.54, 1.807) is 11.0 Å². The molecule has 7 rings (SSSR count). The molecule has 0 saturated carbocycles. The molecule has 1 amide bonds. The molecule has 3 aromatic heterocycles. The van der Waals surface area contributed by atoms with Crippen molar-refractivity contribution in [2.45, 2.75) is 53.5 Å². The van der Waals surface area contributed by atoms with E-state index in [0.29, 0.717) is 53.3 Å². The number of hydrogen-bond donors (Lipinski definition) is 2. The first kappa shape index (κ1) is 32.8. The quantitative estimate of drug-likeness (QED) is 0.155. The molecule has 49 heavy (non-hydrogen) atoms. The van der Waals surface area contributed by atoms with Crippen molar-refractivity contribution >= 4 is 62.6 Å². The van der Waals surface area contributed by atoms with Gasteiger partial charge in [0.2, 0.25) is 0 Å². The first-order valence-corrected chi connectivity index (χ1v) is 17.0. The van der Waals surface area contributed by atoms with Crippen molar-refractivity contribution in [3.63, 3.8) is 0 Å². The second-order valence-electron chi connectivity index (χ2n) is 13.0. The van der Waals surface area contributed by atoms with Gasteiger partial charge in [-0.2, -0.15) is 5.10 Å². The molecular formula is C38H37Cl2N5O4. The summed E-state index contributed by atoms with van der Waals surface area (Å²) in [5.74, 6) is -0.447. The van der Waals surface area contributed by atoms with Gasteiger partial charge in [-0.3, -0.25) is 9.48 Å². The highest BCUT2D eigenvalue weighted by Gasteiger charge is 2.37. The largest absolute Gasteiger partial charge is 0.494 e. The summed E-state index contributed by atoms with van der Waals surface area (Å²) in [5.41, 5.74) is 9.41. The summed E-state index contributed by atoms with van der Waals surface area (Å²) in [7, 11) is 1.92. The Morgan fingerprint density at radius 3 is 2.45 bits per heavy atom. The lowest BCUT2D eigenvalue weighted by Gasteiger charge is -2.34. The minimum absolute atomic E-state index is 0.0716. The molecule has 0 saturated heterocycles. The van der Waals surface area contributed by atoms with Gasteiger partial charge in [0.15, 0.2) is 0 Å². The van der Waals surface area contributed by atoms with Crippen LogP contribution in [0.2, 0.25) is 10.0 Å². The standard InChI is InChI=1S/C38H37Cl2N5O4/c1-19-15-24(16-20(2)34(19)40)49-14-8-9-25-26-12-13-28(39)33(32-22(4)42-43(6)23(32)5)35(26)45-21(3)18-44(37(46)36(25)45)31-11-7-10-29-27(31)17-30(41-29)38(47)48/h7,10-13,15-17,21,41H,8-9,14,18H2,1-6H3,(H,47,48). The number of aryl methyl sites for hydroxylation is 5. The highest BCUT2D eigenvalue weighted by atomic mass is 35.5. The van der Waals surface area contributed by atoms with Crippen molar-refractivity contribution in [2.24, 2.45) is 7.05 Å². The summed E-state index contributed by atoms with van der Waals surface area (Å²) in [6.45, 7) is 10.9. The average molecular weight is 699 g/mol. The molecule has 1 aliphatic rings. The van der Waals surface area contributed by atoms with Crippen molar-refractivity contribution in [1.82, 2.24) is 19.3 Å². The Kier molecular flexibility index (Phi) is 8.24. The van der Waals surface area contributed by atoms with E-state index in [2.05, 4.69) is 16.5 Å². The van der Waals surface area contributed by atoms with E-state index in [9.17, 15) is 14.7 Å². The number of carboxylic acids is 1. The summed E-state index contributed by atoms with van der Waals surface area (Å²) in [6.07, 6.45) is 1.24. The molecule has 1 unspecified atom stereocenters. The van der Waals surface area contributed by atoms with Gasteiger partial charge in [-0.15, -0.1) is 0 Å². The van der Waals surface area contributed by atoms with Gasteiger partial charge in [0.25, 0.3) is 5.91 Å². The number of H-pyrrole nitrogens is 1. The molecule has 0 bridgehead atoms. The fourth-order valence-corrected chi connectivity index (χ4v) is 7.78. The topological polar surface area (TPSA) is 105 Å². The van der Waals surface area contributed by atoms with E-state index in [1.807, 2.05) is 81.9 Å². The Morgan fingerprint density at radius 1 is 1.04 bits per heavy atom. The Morgan fingerprint density at radius 2 is 1.78 bits per heavy atom. The van der Waals surface area contributed by atoms with Crippen LogP contribution in [0.3, 0.4) is 0 Å². The lowest BCUT2D eigenvalue weighted by Crippen LogP contribution is -2.42. The Hall–Kier alpha value is -4.73. The molecular weight excluding hydrogens is 661 g/mol. The van der Waals surface area contributed by atoms with Gasteiger partial charge in [0, 0.05) is 57.8 Å². The third-order valence-corrected chi connectivity index (χ3v) is 10.6. The second kappa shape index (κ2) is 12.3. The van der Waals surface area contributed by atoms with Crippen LogP contribution in [0.25, 0.3) is 32.9 Å². The van der Waals surface area contributed by atoms with E-state index in [1.165, 1.54) is 0 Å². The van der Waals surface area contributed by atoms with Gasteiger partial charge in [-0.25, -0.2) is 4.79 Å². The monoisotopic (exact) mass is 697 g/mol. The summed E-state index contributed by atoms with van der Waals surface area (Å²) < 4.78 is 10.2. The first-order valence-electron chi connectivity index (χ1n) is 16.3. The maximum atomic E-state index is 14.9. The molecule has 1 atom stereocenters. The Bertz CT molecular complexity index is 2310. The number of carbonyl (C=O) groups excluding carboxylic acids is 1. The van der Waals surface area contributed by atoms with Crippen LogP contribution in [-0.2, 0) is 13.5 Å². The predicted octanol–water partition coefficient (Wildman–Crippen LogP) is 8.99. The van der Waals surface area contributed by atoms with E-state index < -0.39 is 5.97 Å². The van der Waals surface area contributed by atoms with Gasteiger partial charge in [0.1, 0.15) is 17.1 Å². The zero-order valence-corrected chi connectivity index (χ0v) is 29.8. The third kappa shape index (κ3) is 5.36. The summed E-state index contributed by atoms with van der Waals surface area (Å²) in [5, 5.41) is 17.3. The molecule has 0 spiro atoms. The minimum atomic E-state index is -1.06. The minimum Gasteiger partial charge on any atom is -0.494 e. The molecule has 9 nitrogen and oxygen atoms in total. The van der Waals surface area contributed by atoms with Crippen LogP contribution in [0.5, 0.6) is 5.75 Å². The van der Waals surface area contributed by atoms with E-state index in [0.717, 1.165) is 60.9 Å². The van der Waals surface area contributed by atoms with Gasteiger partial charge in [-0.05, 0) is 101 Å². The molecule has 0 aliphatic carbocycles. The highest BCUT2D eigenvalue weighted by molar-refractivity contribution is 6.35. The molecule has 6 aromatic rings. The summed E-state index contributed by atoms with van der Waals surface area (Å²) in [4.78, 5) is 31.4. The number of carbonyl (C=O) groups is 2. The molecule has 11 heteroatoms. The fraction of sp³-hybridized carbons (Fsp3) is 0.289. The van der Waals surface area contributed by atoms with Gasteiger partial charge >= 0.3 is 5.97 Å². The zero-order chi connectivity index (χ0) is 34.9. The molecule has 3 aromatic carbocycles. The molecule has 4 heterocycles. The lowest BCUT2D eigenvalue weighted by molar-refractivity contribution is 0.0691. The number of hydrogen-bond acceptors (Lipinski definition) is 4. The Labute approximate surface area is 294 Å². The number of nitrogens with zero attached hydrogens (tertiary/aromatic N) is 4. The maximum Gasteiger partial charge on any atom is 0.352 e. The number of ether oxygens (including phenoxy) is 1. The van der Waals surface area contributed by atoms with Crippen LogP contribution in [-0.4, -0.2) is 49.5 Å². The number of aromatic amines is 1. The van der Waals surface area contributed by atoms with Crippen LogP contribution in [0.15, 0.2) is 48.5 Å². The number of aromatic nitrogens is 4. The normalized spacial score (nSPS) is 14.7. The number of benzene rings is 3. The van der Waals surface area contributed by atoms with Crippen molar-refractivity contribution in [3.05, 3.63) is 98.0 Å². The van der Waals surface area contributed by atoms with Gasteiger partial charge < -0.3 is 24.3 Å². The smallest absolute Gasteiger partial charge is 0.352 e. The molecule has 0 radical (unpaired) electrons. The van der Waals surface area contributed by atoms with E-state index in [-0.39, 0.29) is 17.6 Å². The van der Waals surface area contributed by atoms with Crippen LogP contribution in [0, 0.1) is 27.7 Å². The van der Waals surface area contributed by atoms with Crippen molar-refractivity contribution in [3.8, 4) is 16.9 Å². The van der Waals surface area contributed by atoms with Crippen LogP contribution < -0.4 is 9.64 Å². The van der Waals surface area contributed by atoms with Crippen molar-refractivity contribution in [1.29, 1.82) is 0 Å². The summed E-state index contributed by atoms with van der Waals surface area (Å²) in [6, 6.07) is 14.8. The van der Waals surface area contributed by atoms with Crippen LogP contribution in [0.1, 0.15) is 68.4 Å². The molecule has 1 aliphatic heterocycles. The second-order valence-corrected chi connectivity index (χ2v) is 13.8.